The molecule has 0 aliphatic carbocycles. The van der Waals surface area contributed by atoms with E-state index in [4.69, 9.17) is 0 Å². The van der Waals surface area contributed by atoms with Crippen molar-refractivity contribution in [2.45, 2.75) is 13.0 Å². The summed E-state index contributed by atoms with van der Waals surface area (Å²) in [6.07, 6.45) is 1.85. The fraction of sp³-hybridized carbons (Fsp3) is 0.286. The third kappa shape index (κ3) is 3.34. The molecule has 1 heterocycles. The molecule has 0 unspecified atom stereocenters. The number of esters is 1. The van der Waals surface area contributed by atoms with Gasteiger partial charge in [0.15, 0.2) is 0 Å². The monoisotopic (exact) mass is 278 g/mol. The Morgan fingerprint density at radius 3 is 2.90 bits per heavy atom. The van der Waals surface area contributed by atoms with E-state index < -0.39 is 0 Å². The molecule has 1 aromatic carbocycles. The van der Waals surface area contributed by atoms with Gasteiger partial charge in [-0.1, -0.05) is 0 Å². The first-order valence-corrected chi connectivity index (χ1v) is 6.18. The first-order chi connectivity index (χ1) is 9.60. The average Bonchev–Trinajstić information content (AvgIpc) is 2.81. The van der Waals surface area contributed by atoms with Crippen LogP contribution in [-0.4, -0.2) is 30.1 Å². The maximum atomic E-state index is 13.2. The van der Waals surface area contributed by atoms with E-state index in [2.05, 4.69) is 10.1 Å². The van der Waals surface area contributed by atoms with Crippen LogP contribution in [0.25, 0.3) is 10.9 Å². The van der Waals surface area contributed by atoms with Gasteiger partial charge in [-0.3, -0.25) is 9.59 Å². The van der Waals surface area contributed by atoms with Gasteiger partial charge in [0.05, 0.1) is 19.0 Å². The molecule has 0 bridgehead atoms. The van der Waals surface area contributed by atoms with Crippen LogP contribution >= 0.6 is 0 Å². The van der Waals surface area contributed by atoms with Crippen LogP contribution in [0.2, 0.25) is 0 Å². The number of nitrogens with zero attached hydrogens (tertiary/aromatic N) is 1. The number of carbonyl (C=O) groups excluding carboxylic acids is 2. The van der Waals surface area contributed by atoms with Crippen molar-refractivity contribution in [1.29, 1.82) is 0 Å². The lowest BCUT2D eigenvalue weighted by molar-refractivity contribution is -0.140. The first kappa shape index (κ1) is 14.0. The van der Waals surface area contributed by atoms with Gasteiger partial charge >= 0.3 is 5.97 Å². The second-order valence-corrected chi connectivity index (χ2v) is 4.32. The molecule has 0 aliphatic heterocycles. The molecular weight excluding hydrogens is 263 g/mol. The molecule has 0 fully saturated rings. The number of aromatic nitrogens is 1. The number of ether oxygens (including phenoxy) is 1. The molecule has 5 nitrogen and oxygen atoms in total. The van der Waals surface area contributed by atoms with E-state index in [0.717, 1.165) is 5.39 Å². The zero-order chi connectivity index (χ0) is 14.5. The van der Waals surface area contributed by atoms with Gasteiger partial charge in [-0.25, -0.2) is 4.39 Å². The van der Waals surface area contributed by atoms with E-state index in [1.54, 1.807) is 16.8 Å². The lowest BCUT2D eigenvalue weighted by Gasteiger charge is -2.07. The Hall–Kier alpha value is -2.37. The first-order valence-electron chi connectivity index (χ1n) is 6.18. The van der Waals surface area contributed by atoms with Crippen molar-refractivity contribution in [3.8, 4) is 0 Å². The van der Waals surface area contributed by atoms with E-state index in [-0.39, 0.29) is 37.2 Å². The van der Waals surface area contributed by atoms with Gasteiger partial charge in [-0.2, -0.15) is 0 Å². The van der Waals surface area contributed by atoms with Gasteiger partial charge in [0.1, 0.15) is 12.4 Å². The zero-order valence-electron chi connectivity index (χ0n) is 11.1. The minimum Gasteiger partial charge on any atom is -0.469 e. The van der Waals surface area contributed by atoms with Crippen LogP contribution in [0.3, 0.4) is 0 Å². The van der Waals surface area contributed by atoms with Gasteiger partial charge in [0.25, 0.3) is 0 Å². The second-order valence-electron chi connectivity index (χ2n) is 4.32. The van der Waals surface area contributed by atoms with Crippen LogP contribution in [0.1, 0.15) is 6.42 Å². The molecule has 106 valence electrons. The largest absolute Gasteiger partial charge is 0.469 e. The fourth-order valence-corrected chi connectivity index (χ4v) is 1.91. The quantitative estimate of drug-likeness (QED) is 0.842. The van der Waals surface area contributed by atoms with E-state index in [1.807, 2.05) is 6.07 Å². The molecule has 0 saturated heterocycles. The lowest BCUT2D eigenvalue weighted by atomic mass is 10.2. The number of hydrogen-bond acceptors (Lipinski definition) is 3. The van der Waals surface area contributed by atoms with E-state index in [1.165, 1.54) is 19.2 Å². The number of halogens is 1. The Bertz CT molecular complexity index is 636. The van der Waals surface area contributed by atoms with Crippen molar-refractivity contribution in [2.75, 3.05) is 13.7 Å². The lowest BCUT2D eigenvalue weighted by Crippen LogP contribution is -2.29. The molecule has 20 heavy (non-hydrogen) atoms. The second kappa shape index (κ2) is 6.18. The van der Waals surface area contributed by atoms with Crippen LogP contribution in [-0.2, 0) is 20.9 Å². The summed E-state index contributed by atoms with van der Waals surface area (Å²) in [5.41, 5.74) is 0.660. The highest BCUT2D eigenvalue weighted by atomic mass is 19.1. The maximum absolute atomic E-state index is 13.2. The van der Waals surface area contributed by atoms with Crippen LogP contribution in [0, 0.1) is 5.82 Å². The van der Waals surface area contributed by atoms with Crippen molar-refractivity contribution >= 4 is 22.8 Å². The summed E-state index contributed by atoms with van der Waals surface area (Å²) >= 11 is 0. The molecule has 0 saturated carbocycles. The number of nitrogens with one attached hydrogen (secondary N) is 1. The number of benzene rings is 1. The molecular formula is C14H15FN2O3. The molecule has 6 heteroatoms. The van der Waals surface area contributed by atoms with Crippen molar-refractivity contribution in [2.24, 2.45) is 0 Å². The molecule has 0 radical (unpaired) electrons. The highest BCUT2D eigenvalue weighted by molar-refractivity contribution is 5.83. The molecule has 0 spiro atoms. The number of amides is 1. The minimum atomic E-state index is -0.376. The van der Waals surface area contributed by atoms with Gasteiger partial charge in [0, 0.05) is 12.7 Å². The van der Waals surface area contributed by atoms with E-state index in [9.17, 15) is 14.0 Å². The van der Waals surface area contributed by atoms with Gasteiger partial charge in [0.2, 0.25) is 5.91 Å². The molecule has 1 aromatic heterocycles. The van der Waals surface area contributed by atoms with Gasteiger partial charge in [-0.15, -0.1) is 0 Å². The third-order valence-corrected chi connectivity index (χ3v) is 2.93. The Morgan fingerprint density at radius 1 is 1.35 bits per heavy atom. The smallest absolute Gasteiger partial charge is 0.307 e. The summed E-state index contributed by atoms with van der Waals surface area (Å²) in [7, 11) is 1.30. The topological polar surface area (TPSA) is 60.3 Å². The standard InChI is InChI=1S/C14H15FN2O3/c1-20-14(19)4-6-16-13(18)9-17-7-5-10-2-3-11(15)8-12(10)17/h2-3,5,7-8H,4,6,9H2,1H3,(H,16,18). The van der Waals surface area contributed by atoms with Crippen molar-refractivity contribution in [1.82, 2.24) is 9.88 Å². The Balaban J connectivity index is 1.96. The molecule has 2 aromatic rings. The minimum absolute atomic E-state index is 0.0775. The van der Waals surface area contributed by atoms with Gasteiger partial charge in [-0.05, 0) is 29.7 Å². The maximum Gasteiger partial charge on any atom is 0.307 e. The third-order valence-electron chi connectivity index (χ3n) is 2.93. The van der Waals surface area contributed by atoms with E-state index in [0.29, 0.717) is 5.52 Å². The normalized spacial score (nSPS) is 10.5. The predicted molar refractivity (Wildman–Crippen MR) is 71.5 cm³/mol. The molecule has 1 N–H and O–H groups in total. The van der Waals surface area contributed by atoms with Crippen molar-refractivity contribution < 1.29 is 18.7 Å². The Labute approximate surface area is 115 Å². The molecule has 0 atom stereocenters. The summed E-state index contributed by atoms with van der Waals surface area (Å²) in [4.78, 5) is 22.6. The molecule has 1 amide bonds. The fourth-order valence-electron chi connectivity index (χ4n) is 1.91. The predicted octanol–water partition coefficient (Wildman–Crippen LogP) is 1.46. The zero-order valence-corrected chi connectivity index (χ0v) is 11.1. The summed E-state index contributed by atoms with van der Waals surface area (Å²) < 4.78 is 19.3. The highest BCUT2D eigenvalue weighted by Gasteiger charge is 2.08. The van der Waals surface area contributed by atoms with Crippen LogP contribution < -0.4 is 5.32 Å². The number of methoxy groups -OCH3 is 1. The van der Waals surface area contributed by atoms with Gasteiger partial charge < -0.3 is 14.6 Å². The highest BCUT2D eigenvalue weighted by Crippen LogP contribution is 2.16. The Kier molecular flexibility index (Phi) is 4.34. The van der Waals surface area contributed by atoms with Crippen LogP contribution in [0.15, 0.2) is 30.5 Å². The number of carbonyl (C=O) groups is 2. The number of rotatable bonds is 5. The summed E-state index contributed by atoms with van der Waals surface area (Å²) in [5, 5.41) is 3.48. The number of hydrogen-bond donors (Lipinski definition) is 1. The molecule has 2 rings (SSSR count). The van der Waals surface area contributed by atoms with Crippen LogP contribution in [0.4, 0.5) is 4.39 Å². The number of fused-ring (bicyclic) bond motifs is 1. The van der Waals surface area contributed by atoms with Crippen molar-refractivity contribution in [3.63, 3.8) is 0 Å². The van der Waals surface area contributed by atoms with Crippen LogP contribution in [0.5, 0.6) is 0 Å². The summed E-state index contributed by atoms with van der Waals surface area (Å²) in [5.74, 6) is -0.960. The molecule has 0 aliphatic rings. The SMILES string of the molecule is COC(=O)CCNC(=O)Cn1ccc2ccc(F)cc21. The van der Waals surface area contributed by atoms with Crippen molar-refractivity contribution in [3.05, 3.63) is 36.3 Å². The summed E-state index contributed by atoms with van der Waals surface area (Å²) in [6.45, 7) is 0.299. The Morgan fingerprint density at radius 2 is 2.15 bits per heavy atom. The summed E-state index contributed by atoms with van der Waals surface area (Å²) in [6, 6.07) is 6.24. The average molecular weight is 278 g/mol. The van der Waals surface area contributed by atoms with E-state index >= 15 is 0 Å².